The maximum Gasteiger partial charge on any atom is 0.317 e. The fourth-order valence-corrected chi connectivity index (χ4v) is 5.29. The van der Waals surface area contributed by atoms with Gasteiger partial charge >= 0.3 is 6.03 Å². The van der Waals surface area contributed by atoms with Gasteiger partial charge in [-0.15, -0.1) is 0 Å². The predicted octanol–water partition coefficient (Wildman–Crippen LogP) is 2.75. The molecule has 4 fully saturated rings. The third kappa shape index (κ3) is 3.57. The second kappa shape index (κ2) is 7.20. The first kappa shape index (κ1) is 16.6. The van der Waals surface area contributed by atoms with Crippen LogP contribution in [0.15, 0.2) is 0 Å². The number of hydrogen-bond acceptors (Lipinski definition) is 3. The van der Waals surface area contributed by atoms with Gasteiger partial charge in [0.05, 0.1) is 5.60 Å². The molecule has 3 heterocycles. The van der Waals surface area contributed by atoms with E-state index in [4.69, 9.17) is 4.74 Å². The minimum absolute atomic E-state index is 0.0670. The lowest BCUT2D eigenvalue weighted by atomic mass is 9.78. The second-order valence-corrected chi connectivity index (χ2v) is 8.36. The van der Waals surface area contributed by atoms with Crippen molar-refractivity contribution in [3.8, 4) is 0 Å². The van der Waals surface area contributed by atoms with E-state index in [2.05, 4.69) is 10.2 Å². The van der Waals surface area contributed by atoms with Crippen molar-refractivity contribution < 1.29 is 9.53 Å². The van der Waals surface area contributed by atoms with Crippen molar-refractivity contribution in [2.24, 2.45) is 0 Å². The van der Waals surface area contributed by atoms with Crippen molar-refractivity contribution in [2.75, 3.05) is 32.8 Å². The van der Waals surface area contributed by atoms with E-state index in [9.17, 15) is 4.79 Å². The van der Waals surface area contributed by atoms with Crippen LogP contribution >= 0.6 is 0 Å². The SMILES string of the molecule is O=C(NC1CCOC2(CCCCC2)C1)N1CCC(N2CCCC2)C1. The highest BCUT2D eigenvalue weighted by molar-refractivity contribution is 5.75. The fraction of sp³-hybridized carbons (Fsp3) is 0.947. The topological polar surface area (TPSA) is 44.8 Å². The summed E-state index contributed by atoms with van der Waals surface area (Å²) in [6.07, 6.45) is 12.0. The van der Waals surface area contributed by atoms with E-state index in [0.29, 0.717) is 12.1 Å². The Labute approximate surface area is 146 Å². The largest absolute Gasteiger partial charge is 0.375 e. The molecule has 1 N–H and O–H groups in total. The lowest BCUT2D eigenvalue weighted by Gasteiger charge is -2.43. The van der Waals surface area contributed by atoms with Gasteiger partial charge in [-0.05, 0) is 58.0 Å². The Morgan fingerprint density at radius 2 is 1.79 bits per heavy atom. The summed E-state index contributed by atoms with van der Waals surface area (Å²) < 4.78 is 6.16. The third-order valence-corrected chi connectivity index (χ3v) is 6.69. The van der Waals surface area contributed by atoms with Crippen molar-refractivity contribution >= 4 is 6.03 Å². The van der Waals surface area contributed by atoms with Crippen molar-refractivity contribution in [3.63, 3.8) is 0 Å². The highest BCUT2D eigenvalue weighted by Crippen LogP contribution is 2.38. The molecule has 2 amide bonds. The normalized spacial score (nSPS) is 33.9. The molecule has 5 heteroatoms. The highest BCUT2D eigenvalue weighted by atomic mass is 16.5. The van der Waals surface area contributed by atoms with Gasteiger partial charge in [-0.2, -0.15) is 0 Å². The molecule has 1 aliphatic carbocycles. The molecular formula is C19H33N3O2. The monoisotopic (exact) mass is 335 g/mol. The van der Waals surface area contributed by atoms with Crippen LogP contribution in [-0.2, 0) is 4.74 Å². The smallest absolute Gasteiger partial charge is 0.317 e. The first-order valence-electron chi connectivity index (χ1n) is 10.2. The lowest BCUT2D eigenvalue weighted by molar-refractivity contribution is -0.108. The molecular weight excluding hydrogens is 302 g/mol. The quantitative estimate of drug-likeness (QED) is 0.844. The number of urea groups is 1. The summed E-state index contributed by atoms with van der Waals surface area (Å²) in [5, 5.41) is 3.33. The Kier molecular flexibility index (Phi) is 5.00. The number of carbonyl (C=O) groups is 1. The summed E-state index contributed by atoms with van der Waals surface area (Å²) in [6.45, 7) is 5.09. The van der Waals surface area contributed by atoms with Crippen LogP contribution in [-0.4, -0.2) is 66.3 Å². The summed E-state index contributed by atoms with van der Waals surface area (Å²) in [4.78, 5) is 17.3. The van der Waals surface area contributed by atoms with Crippen molar-refractivity contribution in [1.82, 2.24) is 15.1 Å². The number of nitrogens with one attached hydrogen (secondary N) is 1. The van der Waals surface area contributed by atoms with E-state index in [1.807, 2.05) is 4.90 Å². The second-order valence-electron chi connectivity index (χ2n) is 8.36. The lowest BCUT2D eigenvalue weighted by Crippen LogP contribution is -2.52. The Morgan fingerprint density at radius 3 is 2.58 bits per heavy atom. The van der Waals surface area contributed by atoms with Gasteiger partial charge in [-0.25, -0.2) is 4.79 Å². The highest BCUT2D eigenvalue weighted by Gasteiger charge is 2.40. The third-order valence-electron chi connectivity index (χ3n) is 6.69. The van der Waals surface area contributed by atoms with E-state index >= 15 is 0 Å². The number of rotatable bonds is 2. The van der Waals surface area contributed by atoms with Crippen LogP contribution in [0.25, 0.3) is 0 Å². The minimum atomic E-state index is 0.0670. The fourth-order valence-electron chi connectivity index (χ4n) is 5.29. The molecule has 1 saturated carbocycles. The molecule has 2 atom stereocenters. The number of carbonyl (C=O) groups excluding carboxylic acids is 1. The van der Waals surface area contributed by atoms with Gasteiger partial charge in [0.15, 0.2) is 0 Å². The average molecular weight is 335 g/mol. The van der Waals surface area contributed by atoms with Crippen LogP contribution in [0.1, 0.15) is 64.2 Å². The van der Waals surface area contributed by atoms with Gasteiger partial charge in [0, 0.05) is 31.8 Å². The summed E-state index contributed by atoms with van der Waals surface area (Å²) in [5.41, 5.74) is 0.0670. The summed E-state index contributed by atoms with van der Waals surface area (Å²) in [5.74, 6) is 0. The Bertz CT molecular complexity index is 438. The zero-order chi connectivity index (χ0) is 16.4. The van der Waals surface area contributed by atoms with E-state index in [-0.39, 0.29) is 11.6 Å². The van der Waals surface area contributed by atoms with Crippen molar-refractivity contribution in [1.29, 1.82) is 0 Å². The van der Waals surface area contributed by atoms with E-state index in [1.165, 1.54) is 58.0 Å². The van der Waals surface area contributed by atoms with Crippen LogP contribution in [0.5, 0.6) is 0 Å². The first-order chi connectivity index (χ1) is 11.7. The number of likely N-dealkylation sites (tertiary alicyclic amines) is 2. The molecule has 24 heavy (non-hydrogen) atoms. The molecule has 0 bridgehead atoms. The van der Waals surface area contributed by atoms with E-state index in [1.54, 1.807) is 0 Å². The molecule has 0 aromatic heterocycles. The molecule has 3 aliphatic heterocycles. The molecule has 136 valence electrons. The van der Waals surface area contributed by atoms with Crippen molar-refractivity contribution in [3.05, 3.63) is 0 Å². The molecule has 4 aliphatic rings. The summed E-state index contributed by atoms with van der Waals surface area (Å²) >= 11 is 0. The van der Waals surface area contributed by atoms with E-state index in [0.717, 1.165) is 39.0 Å². The molecule has 0 aromatic carbocycles. The van der Waals surface area contributed by atoms with Crippen LogP contribution in [0.2, 0.25) is 0 Å². The molecule has 0 radical (unpaired) electrons. The predicted molar refractivity (Wildman–Crippen MR) is 94.1 cm³/mol. The zero-order valence-electron chi connectivity index (χ0n) is 15.0. The average Bonchev–Trinajstić information content (AvgIpc) is 3.27. The number of nitrogens with zero attached hydrogens (tertiary/aromatic N) is 2. The number of ether oxygens (including phenoxy) is 1. The Balaban J connectivity index is 1.28. The van der Waals surface area contributed by atoms with Gasteiger partial charge in [0.1, 0.15) is 0 Å². The molecule has 2 unspecified atom stereocenters. The maximum atomic E-state index is 12.7. The Morgan fingerprint density at radius 1 is 1.00 bits per heavy atom. The van der Waals surface area contributed by atoms with Gasteiger partial charge in [0.2, 0.25) is 0 Å². The molecule has 1 spiro atoms. The summed E-state index contributed by atoms with van der Waals surface area (Å²) in [7, 11) is 0. The van der Waals surface area contributed by atoms with Gasteiger partial charge in [0.25, 0.3) is 0 Å². The van der Waals surface area contributed by atoms with E-state index < -0.39 is 0 Å². The maximum absolute atomic E-state index is 12.7. The van der Waals surface area contributed by atoms with Crippen molar-refractivity contribution in [2.45, 2.75) is 81.9 Å². The molecule has 4 rings (SSSR count). The molecule has 3 saturated heterocycles. The first-order valence-corrected chi connectivity index (χ1v) is 10.2. The van der Waals surface area contributed by atoms with Crippen LogP contribution < -0.4 is 5.32 Å². The van der Waals surface area contributed by atoms with Gasteiger partial charge in [-0.3, -0.25) is 4.90 Å². The molecule has 0 aromatic rings. The van der Waals surface area contributed by atoms with Gasteiger partial charge in [-0.1, -0.05) is 19.3 Å². The minimum Gasteiger partial charge on any atom is -0.375 e. The van der Waals surface area contributed by atoms with Crippen LogP contribution in [0.3, 0.4) is 0 Å². The molecule has 5 nitrogen and oxygen atoms in total. The summed E-state index contributed by atoms with van der Waals surface area (Å²) in [6, 6.07) is 1.06. The van der Waals surface area contributed by atoms with Crippen LogP contribution in [0.4, 0.5) is 4.79 Å². The van der Waals surface area contributed by atoms with Crippen LogP contribution in [0, 0.1) is 0 Å². The standard InChI is InChI=1S/C19H33N3O2/c23-18(22-12-6-17(15-22)21-10-4-5-11-21)20-16-7-13-24-19(14-16)8-2-1-3-9-19/h16-17H,1-15H2,(H,20,23). The van der Waals surface area contributed by atoms with Gasteiger partial charge < -0.3 is 15.0 Å². The number of amides is 2. The number of hydrogen-bond donors (Lipinski definition) is 1. The zero-order valence-corrected chi connectivity index (χ0v) is 15.0. The Hall–Kier alpha value is -0.810.